The van der Waals surface area contributed by atoms with E-state index in [1.54, 1.807) is 35.6 Å². The number of rotatable bonds is 6. The number of benzene rings is 1. The molecule has 0 aliphatic rings. The molecule has 1 N–H and O–H groups in total. The molecule has 7 heteroatoms. The molecule has 3 rings (SSSR count). The molecule has 0 bridgehead atoms. The summed E-state index contributed by atoms with van der Waals surface area (Å²) < 4.78 is 0. The van der Waals surface area contributed by atoms with Crippen molar-refractivity contribution in [2.75, 3.05) is 11.1 Å². The zero-order valence-corrected chi connectivity index (χ0v) is 15.1. The Labute approximate surface area is 153 Å². The predicted molar refractivity (Wildman–Crippen MR) is 101 cm³/mol. The van der Waals surface area contributed by atoms with E-state index in [4.69, 9.17) is 0 Å². The summed E-state index contributed by atoms with van der Waals surface area (Å²) in [4.78, 5) is 24.5. The maximum atomic E-state index is 12.1. The lowest BCUT2D eigenvalue weighted by molar-refractivity contribution is -0.113. The fourth-order valence-electron chi connectivity index (χ4n) is 2.11. The van der Waals surface area contributed by atoms with Gasteiger partial charge in [-0.05, 0) is 42.6 Å². The van der Waals surface area contributed by atoms with Crippen LogP contribution in [0.3, 0.4) is 0 Å². The first-order valence-electron chi connectivity index (χ1n) is 7.53. The topological polar surface area (TPSA) is 72.0 Å². The van der Waals surface area contributed by atoms with E-state index < -0.39 is 0 Å². The normalized spacial score (nSPS) is 10.4. The number of Topliss-reactive ketones (excluding diaryl/α,β-unsaturated/α-hetero) is 1. The van der Waals surface area contributed by atoms with E-state index in [0.717, 1.165) is 10.6 Å². The summed E-state index contributed by atoms with van der Waals surface area (Å²) in [7, 11) is 0. The smallest absolute Gasteiger partial charge is 0.234 e. The maximum absolute atomic E-state index is 12.1. The van der Waals surface area contributed by atoms with Crippen LogP contribution < -0.4 is 5.32 Å². The highest BCUT2D eigenvalue weighted by Crippen LogP contribution is 2.23. The molecule has 0 unspecified atom stereocenters. The number of ketones is 1. The highest BCUT2D eigenvalue weighted by Gasteiger charge is 2.08. The van der Waals surface area contributed by atoms with Gasteiger partial charge < -0.3 is 5.32 Å². The van der Waals surface area contributed by atoms with Crippen LogP contribution in [0, 0.1) is 0 Å². The van der Waals surface area contributed by atoms with Crippen molar-refractivity contribution in [2.45, 2.75) is 11.9 Å². The summed E-state index contributed by atoms with van der Waals surface area (Å²) in [5.41, 5.74) is 2.00. The first-order chi connectivity index (χ1) is 12.1. The Morgan fingerprint density at radius 1 is 1.12 bits per heavy atom. The zero-order valence-electron chi connectivity index (χ0n) is 13.4. The number of carbonyl (C=O) groups excluding carboxylic acids is 2. The number of nitrogens with zero attached hydrogens (tertiary/aromatic N) is 2. The zero-order chi connectivity index (χ0) is 17.6. The number of amides is 1. The molecule has 0 radical (unpaired) electrons. The van der Waals surface area contributed by atoms with Gasteiger partial charge in [0.2, 0.25) is 5.91 Å². The molecule has 2 heterocycles. The largest absolute Gasteiger partial charge is 0.325 e. The Bertz CT molecular complexity index is 878. The van der Waals surface area contributed by atoms with Gasteiger partial charge in [-0.2, -0.15) is 0 Å². The molecule has 0 fully saturated rings. The second kappa shape index (κ2) is 8.04. The fraction of sp³-hybridized carbons (Fsp3) is 0.111. The SMILES string of the molecule is CC(=O)c1cccc(NC(=O)CSc2ccc(-c3cccs3)nn2)c1. The summed E-state index contributed by atoms with van der Waals surface area (Å²) in [6, 6.07) is 14.6. The van der Waals surface area contributed by atoms with Crippen LogP contribution in [0.2, 0.25) is 0 Å². The van der Waals surface area contributed by atoms with Gasteiger partial charge in [0.05, 0.1) is 10.6 Å². The number of hydrogen-bond acceptors (Lipinski definition) is 6. The number of thioether (sulfide) groups is 1. The first-order valence-corrected chi connectivity index (χ1v) is 9.39. The van der Waals surface area contributed by atoms with Crippen LogP contribution in [0.15, 0.2) is 58.9 Å². The standard InChI is InChI=1S/C18H15N3O2S2/c1-12(22)13-4-2-5-14(10-13)19-17(23)11-25-18-8-7-15(20-21-18)16-6-3-9-24-16/h2-10H,11H2,1H3,(H,19,23). The van der Waals surface area contributed by atoms with Crippen LogP contribution in [0.4, 0.5) is 5.69 Å². The molecule has 3 aromatic rings. The second-order valence-corrected chi connectivity index (χ2v) is 7.15. The molecular formula is C18H15N3O2S2. The Balaban J connectivity index is 1.55. The minimum absolute atomic E-state index is 0.0356. The molecule has 0 spiro atoms. The molecule has 1 amide bonds. The van der Waals surface area contributed by atoms with Crippen LogP contribution >= 0.6 is 23.1 Å². The number of nitrogens with one attached hydrogen (secondary N) is 1. The van der Waals surface area contributed by atoms with Gasteiger partial charge in [0.15, 0.2) is 5.78 Å². The van der Waals surface area contributed by atoms with E-state index in [-0.39, 0.29) is 17.4 Å². The van der Waals surface area contributed by atoms with Gasteiger partial charge in [-0.1, -0.05) is 30.0 Å². The third-order valence-electron chi connectivity index (χ3n) is 3.32. The van der Waals surface area contributed by atoms with Gasteiger partial charge in [0.1, 0.15) is 10.7 Å². The molecule has 0 saturated heterocycles. The second-order valence-electron chi connectivity index (χ2n) is 5.21. The lowest BCUT2D eigenvalue weighted by Crippen LogP contribution is -2.14. The lowest BCUT2D eigenvalue weighted by atomic mass is 10.1. The van der Waals surface area contributed by atoms with Crippen LogP contribution in [-0.4, -0.2) is 27.6 Å². The molecule has 0 atom stereocenters. The summed E-state index contributed by atoms with van der Waals surface area (Å²) in [6.07, 6.45) is 0. The van der Waals surface area contributed by atoms with E-state index in [1.165, 1.54) is 18.7 Å². The molecule has 25 heavy (non-hydrogen) atoms. The van der Waals surface area contributed by atoms with Crippen molar-refractivity contribution in [3.63, 3.8) is 0 Å². The van der Waals surface area contributed by atoms with Gasteiger partial charge in [0.25, 0.3) is 0 Å². The first kappa shape index (κ1) is 17.3. The molecule has 126 valence electrons. The third kappa shape index (κ3) is 4.74. The number of thiophene rings is 1. The molecular weight excluding hydrogens is 354 g/mol. The van der Waals surface area contributed by atoms with Crippen molar-refractivity contribution >= 4 is 40.5 Å². The summed E-state index contributed by atoms with van der Waals surface area (Å²) >= 11 is 2.92. The van der Waals surface area contributed by atoms with E-state index in [1.807, 2.05) is 29.6 Å². The summed E-state index contributed by atoms with van der Waals surface area (Å²) in [5, 5.41) is 13.8. The third-order valence-corrected chi connectivity index (χ3v) is 5.13. The minimum atomic E-state index is -0.158. The van der Waals surface area contributed by atoms with E-state index >= 15 is 0 Å². The van der Waals surface area contributed by atoms with E-state index in [2.05, 4.69) is 15.5 Å². The average Bonchev–Trinajstić information content (AvgIpc) is 3.15. The van der Waals surface area contributed by atoms with Crippen molar-refractivity contribution < 1.29 is 9.59 Å². The molecule has 5 nitrogen and oxygen atoms in total. The van der Waals surface area contributed by atoms with E-state index in [9.17, 15) is 9.59 Å². The Morgan fingerprint density at radius 3 is 2.68 bits per heavy atom. The molecule has 2 aromatic heterocycles. The van der Waals surface area contributed by atoms with Crippen LogP contribution in [0.25, 0.3) is 10.6 Å². The Morgan fingerprint density at radius 2 is 2.00 bits per heavy atom. The minimum Gasteiger partial charge on any atom is -0.325 e. The highest BCUT2D eigenvalue weighted by atomic mass is 32.2. The monoisotopic (exact) mass is 369 g/mol. The van der Waals surface area contributed by atoms with Gasteiger partial charge in [-0.25, -0.2) is 0 Å². The predicted octanol–water partition coefficient (Wildman–Crippen LogP) is 4.14. The van der Waals surface area contributed by atoms with Gasteiger partial charge in [-0.15, -0.1) is 21.5 Å². The molecule has 0 aliphatic carbocycles. The number of hydrogen-bond donors (Lipinski definition) is 1. The van der Waals surface area contributed by atoms with Crippen molar-refractivity contribution in [1.82, 2.24) is 10.2 Å². The van der Waals surface area contributed by atoms with Gasteiger partial charge in [-0.3, -0.25) is 9.59 Å². The summed E-state index contributed by atoms with van der Waals surface area (Å²) in [6.45, 7) is 1.50. The Hall–Kier alpha value is -2.51. The maximum Gasteiger partial charge on any atom is 0.234 e. The number of anilines is 1. The van der Waals surface area contributed by atoms with Crippen LogP contribution in [0.1, 0.15) is 17.3 Å². The molecule has 0 saturated carbocycles. The lowest BCUT2D eigenvalue weighted by Gasteiger charge is -2.06. The van der Waals surface area contributed by atoms with Crippen molar-refractivity contribution in [2.24, 2.45) is 0 Å². The number of aromatic nitrogens is 2. The van der Waals surface area contributed by atoms with Gasteiger partial charge >= 0.3 is 0 Å². The van der Waals surface area contributed by atoms with Crippen molar-refractivity contribution in [1.29, 1.82) is 0 Å². The average molecular weight is 369 g/mol. The highest BCUT2D eigenvalue weighted by molar-refractivity contribution is 7.99. The Kier molecular flexibility index (Phi) is 5.57. The molecule has 0 aliphatic heterocycles. The number of carbonyl (C=O) groups is 2. The molecule has 1 aromatic carbocycles. The van der Waals surface area contributed by atoms with Crippen molar-refractivity contribution in [3.8, 4) is 10.6 Å². The van der Waals surface area contributed by atoms with Crippen LogP contribution in [0.5, 0.6) is 0 Å². The quantitative estimate of drug-likeness (QED) is 0.522. The van der Waals surface area contributed by atoms with Gasteiger partial charge in [0, 0.05) is 11.3 Å². The van der Waals surface area contributed by atoms with E-state index in [0.29, 0.717) is 16.3 Å². The fourth-order valence-corrected chi connectivity index (χ4v) is 3.41. The van der Waals surface area contributed by atoms with Crippen LogP contribution in [-0.2, 0) is 4.79 Å². The van der Waals surface area contributed by atoms with Crippen molar-refractivity contribution in [3.05, 3.63) is 59.5 Å². The summed E-state index contributed by atoms with van der Waals surface area (Å²) in [5.74, 6) is 0.0264.